The molecule has 88 valence electrons. The van der Waals surface area contributed by atoms with Crippen LogP contribution < -0.4 is 0 Å². The van der Waals surface area contributed by atoms with Gasteiger partial charge in [0.2, 0.25) is 0 Å². The lowest BCUT2D eigenvalue weighted by Gasteiger charge is -2.17. The van der Waals surface area contributed by atoms with Crippen LogP contribution in [0.2, 0.25) is 0 Å². The van der Waals surface area contributed by atoms with Crippen LogP contribution in [0.4, 0.5) is 0 Å². The van der Waals surface area contributed by atoms with Crippen LogP contribution in [-0.4, -0.2) is 38.0 Å². The van der Waals surface area contributed by atoms with Crippen LogP contribution >= 0.6 is 0 Å². The summed E-state index contributed by atoms with van der Waals surface area (Å²) >= 11 is 0. The molecule has 0 aromatic carbocycles. The number of rotatable bonds is 4. The van der Waals surface area contributed by atoms with Gasteiger partial charge in [0.1, 0.15) is 0 Å². The van der Waals surface area contributed by atoms with Gasteiger partial charge in [0.15, 0.2) is 12.1 Å². The third-order valence-corrected chi connectivity index (χ3v) is 2.70. The first kappa shape index (κ1) is 11.3. The summed E-state index contributed by atoms with van der Waals surface area (Å²) in [6, 6.07) is 0. The average Bonchev–Trinajstić information content (AvgIpc) is 2.76. The van der Waals surface area contributed by atoms with Crippen molar-refractivity contribution in [3.63, 3.8) is 0 Å². The molecule has 2 unspecified atom stereocenters. The summed E-state index contributed by atoms with van der Waals surface area (Å²) in [6.07, 6.45) is 3.19. The summed E-state index contributed by atoms with van der Waals surface area (Å²) < 4.78 is 22.1. The van der Waals surface area contributed by atoms with Gasteiger partial charge in [-0.25, -0.2) is 0 Å². The smallest absolute Gasteiger partial charge is 0.163 e. The Morgan fingerprint density at radius 3 is 2.87 bits per heavy atom. The molecule has 0 aliphatic carbocycles. The summed E-state index contributed by atoms with van der Waals surface area (Å²) in [7, 11) is 0. The van der Waals surface area contributed by atoms with Crippen molar-refractivity contribution < 1.29 is 18.9 Å². The van der Waals surface area contributed by atoms with Crippen molar-refractivity contribution in [2.45, 2.75) is 51.3 Å². The molecule has 2 aliphatic heterocycles. The highest BCUT2D eigenvalue weighted by Gasteiger charge is 2.32. The molecule has 0 N–H and O–H groups in total. The van der Waals surface area contributed by atoms with E-state index in [1.165, 1.54) is 0 Å². The Morgan fingerprint density at radius 2 is 2.27 bits per heavy atom. The van der Waals surface area contributed by atoms with Gasteiger partial charge in [-0.1, -0.05) is 0 Å². The van der Waals surface area contributed by atoms with E-state index in [0.29, 0.717) is 13.2 Å². The lowest BCUT2D eigenvalue weighted by molar-refractivity contribution is -0.146. The molecule has 2 atom stereocenters. The van der Waals surface area contributed by atoms with Crippen molar-refractivity contribution in [3.8, 4) is 0 Å². The van der Waals surface area contributed by atoms with Crippen molar-refractivity contribution in [2.24, 2.45) is 0 Å². The van der Waals surface area contributed by atoms with Gasteiger partial charge in [-0.05, 0) is 26.7 Å². The summed E-state index contributed by atoms with van der Waals surface area (Å²) in [4.78, 5) is 0. The average molecular weight is 216 g/mol. The first-order chi connectivity index (χ1) is 7.16. The van der Waals surface area contributed by atoms with Gasteiger partial charge in [0.05, 0.1) is 19.3 Å². The molecule has 0 spiro atoms. The zero-order chi connectivity index (χ0) is 10.7. The van der Waals surface area contributed by atoms with Gasteiger partial charge in [0, 0.05) is 13.0 Å². The fraction of sp³-hybridized carbons (Fsp3) is 1.00. The molecule has 2 heterocycles. The summed E-state index contributed by atoms with van der Waals surface area (Å²) in [5.41, 5.74) is 0. The molecule has 4 heteroatoms. The molecule has 4 nitrogen and oxygen atoms in total. The van der Waals surface area contributed by atoms with Gasteiger partial charge in [-0.3, -0.25) is 0 Å². The standard InChI is InChI=1S/C11H20O4/c1-11(2)14-8-9(15-11)5-7-13-10-4-3-6-12-10/h9-10H,3-8H2,1-2H3. The van der Waals surface area contributed by atoms with Crippen molar-refractivity contribution in [1.82, 2.24) is 0 Å². The van der Waals surface area contributed by atoms with Crippen molar-refractivity contribution in [3.05, 3.63) is 0 Å². The SMILES string of the molecule is CC1(C)OCC(CCOC2CCCO2)O1. The highest BCUT2D eigenvalue weighted by molar-refractivity contribution is 4.70. The maximum atomic E-state index is 5.67. The zero-order valence-corrected chi connectivity index (χ0v) is 9.53. The fourth-order valence-corrected chi connectivity index (χ4v) is 1.92. The topological polar surface area (TPSA) is 36.9 Å². The minimum Gasteiger partial charge on any atom is -0.353 e. The maximum Gasteiger partial charge on any atom is 0.163 e. The summed E-state index contributed by atoms with van der Waals surface area (Å²) in [5.74, 6) is -0.422. The molecule has 0 amide bonds. The quantitative estimate of drug-likeness (QED) is 0.716. The predicted octanol–water partition coefficient (Wildman–Crippen LogP) is 1.68. The normalized spacial score (nSPS) is 34.8. The van der Waals surface area contributed by atoms with Gasteiger partial charge < -0.3 is 18.9 Å². The van der Waals surface area contributed by atoms with Crippen LogP contribution in [0, 0.1) is 0 Å². The predicted molar refractivity (Wildman–Crippen MR) is 54.4 cm³/mol. The van der Waals surface area contributed by atoms with Crippen LogP contribution in [0.3, 0.4) is 0 Å². The minimum absolute atomic E-state index is 0.0142. The monoisotopic (exact) mass is 216 g/mol. The molecular weight excluding hydrogens is 196 g/mol. The fourth-order valence-electron chi connectivity index (χ4n) is 1.92. The third kappa shape index (κ3) is 3.41. The van der Waals surface area contributed by atoms with E-state index in [9.17, 15) is 0 Å². The Balaban J connectivity index is 1.58. The van der Waals surface area contributed by atoms with Crippen molar-refractivity contribution in [1.29, 1.82) is 0 Å². The minimum atomic E-state index is -0.422. The molecule has 0 radical (unpaired) electrons. The van der Waals surface area contributed by atoms with Crippen LogP contribution in [-0.2, 0) is 18.9 Å². The molecule has 2 aliphatic rings. The molecule has 0 saturated carbocycles. The Labute approximate surface area is 90.8 Å². The third-order valence-electron chi connectivity index (χ3n) is 2.70. The Morgan fingerprint density at radius 1 is 1.40 bits per heavy atom. The second kappa shape index (κ2) is 4.78. The molecule has 2 saturated heterocycles. The molecule has 15 heavy (non-hydrogen) atoms. The number of hydrogen-bond donors (Lipinski definition) is 0. The van der Waals surface area contributed by atoms with Gasteiger partial charge >= 0.3 is 0 Å². The Kier molecular flexibility index (Phi) is 3.61. The maximum absolute atomic E-state index is 5.67. The van der Waals surface area contributed by atoms with E-state index in [4.69, 9.17) is 18.9 Å². The second-order valence-electron chi connectivity index (χ2n) is 4.55. The van der Waals surface area contributed by atoms with E-state index in [2.05, 4.69) is 0 Å². The Hall–Kier alpha value is -0.160. The van der Waals surface area contributed by atoms with E-state index in [-0.39, 0.29) is 12.4 Å². The first-order valence-corrected chi connectivity index (χ1v) is 5.71. The van der Waals surface area contributed by atoms with Gasteiger partial charge in [0.25, 0.3) is 0 Å². The van der Waals surface area contributed by atoms with E-state index in [1.54, 1.807) is 0 Å². The molecular formula is C11H20O4. The lowest BCUT2D eigenvalue weighted by atomic mass is 10.3. The highest BCUT2D eigenvalue weighted by atomic mass is 16.7. The Bertz CT molecular complexity index is 199. The van der Waals surface area contributed by atoms with Crippen molar-refractivity contribution in [2.75, 3.05) is 19.8 Å². The van der Waals surface area contributed by atoms with Crippen LogP contribution in [0.25, 0.3) is 0 Å². The van der Waals surface area contributed by atoms with Crippen LogP contribution in [0.1, 0.15) is 33.1 Å². The highest BCUT2D eigenvalue weighted by Crippen LogP contribution is 2.24. The number of hydrogen-bond acceptors (Lipinski definition) is 4. The van der Waals surface area contributed by atoms with Crippen LogP contribution in [0.15, 0.2) is 0 Å². The first-order valence-electron chi connectivity index (χ1n) is 5.71. The van der Waals surface area contributed by atoms with Crippen LogP contribution in [0.5, 0.6) is 0 Å². The zero-order valence-electron chi connectivity index (χ0n) is 9.53. The van der Waals surface area contributed by atoms with Gasteiger partial charge in [-0.15, -0.1) is 0 Å². The van der Waals surface area contributed by atoms with E-state index in [1.807, 2.05) is 13.8 Å². The lowest BCUT2D eigenvalue weighted by Crippen LogP contribution is -2.22. The molecule has 2 rings (SSSR count). The van der Waals surface area contributed by atoms with Gasteiger partial charge in [-0.2, -0.15) is 0 Å². The molecule has 0 aromatic heterocycles. The van der Waals surface area contributed by atoms with Crippen molar-refractivity contribution >= 4 is 0 Å². The van der Waals surface area contributed by atoms with E-state index < -0.39 is 5.79 Å². The van der Waals surface area contributed by atoms with E-state index >= 15 is 0 Å². The summed E-state index contributed by atoms with van der Waals surface area (Å²) in [6.45, 7) is 6.07. The molecule has 2 fully saturated rings. The number of ether oxygens (including phenoxy) is 4. The van der Waals surface area contributed by atoms with E-state index in [0.717, 1.165) is 25.9 Å². The largest absolute Gasteiger partial charge is 0.353 e. The second-order valence-corrected chi connectivity index (χ2v) is 4.55. The molecule has 0 bridgehead atoms. The summed E-state index contributed by atoms with van der Waals surface area (Å²) in [5, 5.41) is 0. The molecule has 0 aromatic rings.